The summed E-state index contributed by atoms with van der Waals surface area (Å²) in [5.41, 5.74) is 12.9. The number of nitrogens with two attached hydrogens (primary N) is 1. The maximum atomic E-state index is 11.9. The van der Waals surface area contributed by atoms with Crippen molar-refractivity contribution in [3.05, 3.63) is 62.1 Å². The van der Waals surface area contributed by atoms with Crippen LogP contribution in [0.3, 0.4) is 0 Å². The fourth-order valence-electron chi connectivity index (χ4n) is 2.89. The van der Waals surface area contributed by atoms with Gasteiger partial charge in [-0.2, -0.15) is 0 Å². The van der Waals surface area contributed by atoms with Crippen LogP contribution in [0.2, 0.25) is 0 Å². The Kier molecular flexibility index (Phi) is 3.98. The molecule has 0 radical (unpaired) electrons. The Labute approximate surface area is 119 Å². The molecule has 3 N–H and O–H groups in total. The Hall–Kier alpha value is -2.03. The van der Waals surface area contributed by atoms with Gasteiger partial charge < -0.3 is 10.7 Å². The zero-order valence-electron chi connectivity index (χ0n) is 12.6. The van der Waals surface area contributed by atoms with Crippen LogP contribution in [-0.4, -0.2) is 4.98 Å². The number of H-pyrrole nitrogens is 1. The minimum atomic E-state index is -0.181. The van der Waals surface area contributed by atoms with Crippen LogP contribution in [0.25, 0.3) is 0 Å². The standard InChI is InChI=1S/C17H22N2O/c1-5-14-12(4)19-17(20)16(18)15(14)9-13-7-10(2)6-11(3)8-13/h6-8H,5,9,18H2,1-4H3,(H,19,20). The van der Waals surface area contributed by atoms with Crippen LogP contribution in [0.5, 0.6) is 0 Å². The lowest BCUT2D eigenvalue weighted by Crippen LogP contribution is -2.19. The van der Waals surface area contributed by atoms with Crippen LogP contribution in [0.4, 0.5) is 5.69 Å². The molecular weight excluding hydrogens is 248 g/mol. The fraction of sp³-hybridized carbons (Fsp3) is 0.353. The number of hydrogen-bond donors (Lipinski definition) is 2. The van der Waals surface area contributed by atoms with Crippen molar-refractivity contribution in [1.29, 1.82) is 0 Å². The van der Waals surface area contributed by atoms with Crippen molar-refractivity contribution in [3.63, 3.8) is 0 Å². The van der Waals surface area contributed by atoms with Crippen LogP contribution in [-0.2, 0) is 12.8 Å². The van der Waals surface area contributed by atoms with Gasteiger partial charge >= 0.3 is 0 Å². The second-order valence-electron chi connectivity index (χ2n) is 5.48. The molecule has 0 saturated heterocycles. The highest BCUT2D eigenvalue weighted by Crippen LogP contribution is 2.22. The molecular formula is C17H22N2O. The monoisotopic (exact) mass is 270 g/mol. The summed E-state index contributed by atoms with van der Waals surface area (Å²) < 4.78 is 0. The molecule has 1 heterocycles. The van der Waals surface area contributed by atoms with Crippen LogP contribution >= 0.6 is 0 Å². The lowest BCUT2D eigenvalue weighted by molar-refractivity contribution is 0.979. The molecule has 2 rings (SSSR count). The lowest BCUT2D eigenvalue weighted by Gasteiger charge is -2.14. The zero-order chi connectivity index (χ0) is 14.9. The van der Waals surface area contributed by atoms with Gasteiger partial charge in [-0.25, -0.2) is 0 Å². The van der Waals surface area contributed by atoms with E-state index < -0.39 is 0 Å². The SMILES string of the molecule is CCc1c(C)[nH]c(=O)c(N)c1Cc1cc(C)cc(C)c1. The number of hydrogen-bond acceptors (Lipinski definition) is 2. The second-order valence-corrected chi connectivity index (χ2v) is 5.48. The minimum Gasteiger partial charge on any atom is -0.394 e. The molecule has 0 aliphatic heterocycles. The van der Waals surface area contributed by atoms with Gasteiger partial charge in [0, 0.05) is 12.1 Å². The van der Waals surface area contributed by atoms with Gasteiger partial charge in [0.1, 0.15) is 5.69 Å². The molecule has 0 amide bonds. The maximum absolute atomic E-state index is 11.9. The smallest absolute Gasteiger partial charge is 0.271 e. The summed E-state index contributed by atoms with van der Waals surface area (Å²) in [5.74, 6) is 0. The summed E-state index contributed by atoms with van der Waals surface area (Å²) in [7, 11) is 0. The molecule has 0 aliphatic carbocycles. The first kappa shape index (κ1) is 14.4. The lowest BCUT2D eigenvalue weighted by atomic mass is 9.94. The maximum Gasteiger partial charge on any atom is 0.271 e. The Morgan fingerprint density at radius 2 is 1.65 bits per heavy atom. The van der Waals surface area contributed by atoms with Crippen molar-refractivity contribution in [2.24, 2.45) is 0 Å². The van der Waals surface area contributed by atoms with Crippen molar-refractivity contribution < 1.29 is 0 Å². The molecule has 0 bridgehead atoms. The fourth-order valence-corrected chi connectivity index (χ4v) is 2.89. The normalized spacial score (nSPS) is 10.8. The van der Waals surface area contributed by atoms with Gasteiger partial charge in [-0.3, -0.25) is 4.79 Å². The zero-order valence-corrected chi connectivity index (χ0v) is 12.6. The second kappa shape index (κ2) is 5.53. The number of anilines is 1. The van der Waals surface area contributed by atoms with E-state index in [4.69, 9.17) is 5.73 Å². The quantitative estimate of drug-likeness (QED) is 0.900. The average molecular weight is 270 g/mol. The minimum absolute atomic E-state index is 0.181. The Morgan fingerprint density at radius 1 is 1.05 bits per heavy atom. The highest BCUT2D eigenvalue weighted by Gasteiger charge is 2.13. The topological polar surface area (TPSA) is 58.9 Å². The van der Waals surface area contributed by atoms with Gasteiger partial charge in [-0.1, -0.05) is 36.2 Å². The van der Waals surface area contributed by atoms with Crippen molar-refractivity contribution in [2.75, 3.05) is 5.73 Å². The van der Waals surface area contributed by atoms with Crippen molar-refractivity contribution in [2.45, 2.75) is 40.5 Å². The van der Waals surface area contributed by atoms with E-state index in [2.05, 4.69) is 44.0 Å². The first-order valence-corrected chi connectivity index (χ1v) is 6.99. The van der Waals surface area contributed by atoms with Gasteiger partial charge in [0.05, 0.1) is 0 Å². The van der Waals surface area contributed by atoms with Crippen LogP contribution < -0.4 is 11.3 Å². The van der Waals surface area contributed by atoms with Gasteiger partial charge in [-0.05, 0) is 43.9 Å². The third kappa shape index (κ3) is 2.77. The molecule has 0 atom stereocenters. The van der Waals surface area contributed by atoms with E-state index >= 15 is 0 Å². The molecule has 0 aliphatic rings. The molecule has 3 heteroatoms. The molecule has 0 saturated carbocycles. The molecule has 0 fully saturated rings. The molecule has 0 unspecified atom stereocenters. The molecule has 3 nitrogen and oxygen atoms in total. The van der Waals surface area contributed by atoms with Gasteiger partial charge in [0.2, 0.25) is 0 Å². The summed E-state index contributed by atoms with van der Waals surface area (Å²) >= 11 is 0. The third-order valence-corrected chi connectivity index (χ3v) is 3.70. The Balaban J connectivity index is 2.55. The van der Waals surface area contributed by atoms with Crippen molar-refractivity contribution >= 4 is 5.69 Å². The van der Waals surface area contributed by atoms with Gasteiger partial charge in [0.15, 0.2) is 0 Å². The molecule has 1 aromatic heterocycles. The van der Waals surface area contributed by atoms with Crippen LogP contribution in [0.1, 0.15) is 40.4 Å². The number of aromatic amines is 1. The predicted molar refractivity (Wildman–Crippen MR) is 84.3 cm³/mol. The Morgan fingerprint density at radius 3 is 2.20 bits per heavy atom. The number of nitrogen functional groups attached to an aromatic ring is 1. The van der Waals surface area contributed by atoms with E-state index in [1.807, 2.05) is 6.92 Å². The molecule has 2 aromatic rings. The van der Waals surface area contributed by atoms with Gasteiger partial charge in [0.25, 0.3) is 5.56 Å². The Bertz CT molecular complexity index is 679. The highest BCUT2D eigenvalue weighted by molar-refractivity contribution is 5.53. The molecule has 106 valence electrons. The van der Waals surface area contributed by atoms with E-state index in [1.54, 1.807) is 0 Å². The third-order valence-electron chi connectivity index (χ3n) is 3.70. The van der Waals surface area contributed by atoms with E-state index in [9.17, 15) is 4.79 Å². The molecule has 1 aromatic carbocycles. The summed E-state index contributed by atoms with van der Waals surface area (Å²) in [4.78, 5) is 14.7. The first-order chi connectivity index (χ1) is 9.42. The van der Waals surface area contributed by atoms with E-state index in [0.717, 1.165) is 23.2 Å². The van der Waals surface area contributed by atoms with Crippen molar-refractivity contribution in [3.8, 4) is 0 Å². The number of aryl methyl sites for hydroxylation is 3. The summed E-state index contributed by atoms with van der Waals surface area (Å²) in [6.07, 6.45) is 1.58. The van der Waals surface area contributed by atoms with Gasteiger partial charge in [-0.15, -0.1) is 0 Å². The van der Waals surface area contributed by atoms with Crippen LogP contribution in [0, 0.1) is 20.8 Å². The van der Waals surface area contributed by atoms with Crippen LogP contribution in [0.15, 0.2) is 23.0 Å². The number of nitrogens with one attached hydrogen (secondary N) is 1. The van der Waals surface area contributed by atoms with E-state index in [0.29, 0.717) is 12.1 Å². The number of pyridine rings is 1. The number of aromatic nitrogens is 1. The van der Waals surface area contributed by atoms with E-state index in [1.165, 1.54) is 16.7 Å². The predicted octanol–water partition coefficient (Wildman–Crippen LogP) is 3.04. The number of benzene rings is 1. The molecule has 0 spiro atoms. The first-order valence-electron chi connectivity index (χ1n) is 6.99. The summed E-state index contributed by atoms with van der Waals surface area (Å²) in [5, 5.41) is 0. The molecule has 20 heavy (non-hydrogen) atoms. The highest BCUT2D eigenvalue weighted by atomic mass is 16.1. The summed E-state index contributed by atoms with van der Waals surface area (Å²) in [6.45, 7) is 8.20. The number of rotatable bonds is 3. The van der Waals surface area contributed by atoms with Crippen molar-refractivity contribution in [1.82, 2.24) is 4.98 Å². The van der Waals surface area contributed by atoms with E-state index in [-0.39, 0.29) is 5.56 Å². The summed E-state index contributed by atoms with van der Waals surface area (Å²) in [6, 6.07) is 6.46. The largest absolute Gasteiger partial charge is 0.394 e. The average Bonchev–Trinajstić information content (AvgIpc) is 2.34.